The highest BCUT2D eigenvalue weighted by Crippen LogP contribution is 2.17. The van der Waals surface area contributed by atoms with E-state index in [1.54, 1.807) is 6.07 Å². The highest BCUT2D eigenvalue weighted by Gasteiger charge is 2.20. The van der Waals surface area contributed by atoms with Gasteiger partial charge in [0.05, 0.1) is 5.56 Å². The Hall–Kier alpha value is -1.62. The zero-order valence-electron chi connectivity index (χ0n) is 9.60. The zero-order valence-corrected chi connectivity index (χ0v) is 9.60. The number of carbonyl (C=O) groups is 1. The standard InChI is InChI=1S/C12H17N3O2/c13-9-2-4-10(5-3-9)15-12(17)8-1-6-11(16)14-7-8/h1,6-7,9-10H,2-5,13H2,(H,14,16)(H,15,17)/t9-,10-. The molecule has 1 saturated carbocycles. The van der Waals surface area contributed by atoms with Crippen LogP contribution < -0.4 is 11.1 Å². The van der Waals surface area contributed by atoms with Crippen LogP contribution in [0.3, 0.4) is 0 Å². The second-order valence-electron chi connectivity index (χ2n) is 4.49. The van der Waals surface area contributed by atoms with E-state index in [-0.39, 0.29) is 23.9 Å². The van der Waals surface area contributed by atoms with Crippen molar-refractivity contribution in [1.82, 2.24) is 10.3 Å². The lowest BCUT2D eigenvalue weighted by Crippen LogP contribution is -2.40. The maximum Gasteiger partial charge on any atom is 0.253 e. The van der Waals surface area contributed by atoms with Crippen LogP contribution in [-0.2, 0) is 0 Å². The predicted molar refractivity (Wildman–Crippen MR) is 63.6 cm³/mol. The summed E-state index contributed by atoms with van der Waals surface area (Å²) in [6.07, 6.45) is 5.15. The first-order chi connectivity index (χ1) is 8.15. The molecule has 1 aromatic rings. The van der Waals surface area contributed by atoms with Crippen LogP contribution in [0.5, 0.6) is 5.88 Å². The maximum atomic E-state index is 11.8. The van der Waals surface area contributed by atoms with Crippen LogP contribution >= 0.6 is 0 Å². The lowest BCUT2D eigenvalue weighted by Gasteiger charge is -2.26. The van der Waals surface area contributed by atoms with Gasteiger partial charge >= 0.3 is 0 Å². The number of carbonyl (C=O) groups excluding carboxylic acids is 1. The molecule has 0 radical (unpaired) electrons. The number of nitrogens with one attached hydrogen (secondary N) is 1. The number of nitrogens with two attached hydrogens (primary N) is 1. The fourth-order valence-corrected chi connectivity index (χ4v) is 2.05. The Balaban J connectivity index is 1.91. The second kappa shape index (κ2) is 5.14. The van der Waals surface area contributed by atoms with Gasteiger partial charge in [-0.2, -0.15) is 0 Å². The van der Waals surface area contributed by atoms with Gasteiger partial charge in [0, 0.05) is 24.3 Å². The zero-order chi connectivity index (χ0) is 12.3. The predicted octanol–water partition coefficient (Wildman–Crippen LogP) is 0.787. The Kier molecular flexibility index (Phi) is 3.58. The van der Waals surface area contributed by atoms with Crippen molar-refractivity contribution in [3.63, 3.8) is 0 Å². The number of rotatable bonds is 2. The molecule has 1 fully saturated rings. The number of aromatic nitrogens is 1. The number of aromatic hydroxyl groups is 1. The van der Waals surface area contributed by atoms with Crippen molar-refractivity contribution in [3.8, 4) is 5.88 Å². The van der Waals surface area contributed by atoms with Crippen LogP contribution in [0.25, 0.3) is 0 Å². The molecule has 0 aliphatic heterocycles. The van der Waals surface area contributed by atoms with Crippen molar-refractivity contribution in [2.24, 2.45) is 5.73 Å². The summed E-state index contributed by atoms with van der Waals surface area (Å²) in [6.45, 7) is 0. The van der Waals surface area contributed by atoms with Gasteiger partial charge in [-0.15, -0.1) is 0 Å². The molecule has 2 rings (SSSR count). The first-order valence-electron chi connectivity index (χ1n) is 5.86. The minimum atomic E-state index is -0.141. The third-order valence-corrected chi connectivity index (χ3v) is 3.12. The van der Waals surface area contributed by atoms with Crippen LogP contribution in [0, 0.1) is 0 Å². The van der Waals surface area contributed by atoms with Crippen molar-refractivity contribution in [2.75, 3.05) is 0 Å². The van der Waals surface area contributed by atoms with Crippen LogP contribution in [0.1, 0.15) is 36.0 Å². The van der Waals surface area contributed by atoms with Crippen LogP contribution in [0.4, 0.5) is 0 Å². The third kappa shape index (κ3) is 3.17. The van der Waals surface area contributed by atoms with Gasteiger partial charge in [0.15, 0.2) is 0 Å². The molecule has 5 heteroatoms. The molecule has 92 valence electrons. The molecule has 0 saturated heterocycles. The molecule has 0 atom stereocenters. The number of hydrogen-bond acceptors (Lipinski definition) is 4. The van der Waals surface area contributed by atoms with Crippen molar-refractivity contribution >= 4 is 5.91 Å². The summed E-state index contributed by atoms with van der Waals surface area (Å²) in [5.41, 5.74) is 6.28. The molecule has 17 heavy (non-hydrogen) atoms. The Morgan fingerprint density at radius 2 is 2.06 bits per heavy atom. The van der Waals surface area contributed by atoms with Gasteiger partial charge in [0.1, 0.15) is 0 Å². The van der Waals surface area contributed by atoms with Gasteiger partial charge in [-0.3, -0.25) is 4.79 Å². The van der Waals surface area contributed by atoms with Crippen molar-refractivity contribution in [1.29, 1.82) is 0 Å². The van der Waals surface area contributed by atoms with Crippen LogP contribution in [0.2, 0.25) is 0 Å². The summed E-state index contributed by atoms with van der Waals surface area (Å²) in [4.78, 5) is 15.5. The molecule has 1 heterocycles. The smallest absolute Gasteiger partial charge is 0.253 e. The quantitative estimate of drug-likeness (QED) is 0.707. The fraction of sp³-hybridized carbons (Fsp3) is 0.500. The van der Waals surface area contributed by atoms with Crippen LogP contribution in [-0.4, -0.2) is 28.1 Å². The van der Waals surface area contributed by atoms with E-state index in [1.165, 1.54) is 12.3 Å². The van der Waals surface area contributed by atoms with Gasteiger partial charge in [-0.05, 0) is 31.7 Å². The maximum absolute atomic E-state index is 11.8. The minimum Gasteiger partial charge on any atom is -0.493 e. The fourth-order valence-electron chi connectivity index (χ4n) is 2.05. The molecule has 5 nitrogen and oxygen atoms in total. The van der Waals surface area contributed by atoms with E-state index in [0.29, 0.717) is 5.56 Å². The summed E-state index contributed by atoms with van der Waals surface area (Å²) in [6, 6.07) is 3.45. The molecule has 4 N–H and O–H groups in total. The number of amides is 1. The topological polar surface area (TPSA) is 88.2 Å². The molecular weight excluding hydrogens is 218 g/mol. The van der Waals surface area contributed by atoms with Crippen molar-refractivity contribution in [2.45, 2.75) is 37.8 Å². The van der Waals surface area contributed by atoms with Gasteiger partial charge in [0.25, 0.3) is 5.91 Å². The molecule has 1 aliphatic rings. The van der Waals surface area contributed by atoms with Crippen molar-refractivity contribution < 1.29 is 9.90 Å². The van der Waals surface area contributed by atoms with E-state index in [9.17, 15) is 4.79 Å². The lowest BCUT2D eigenvalue weighted by molar-refractivity contribution is 0.0925. The Morgan fingerprint density at radius 1 is 1.35 bits per heavy atom. The van der Waals surface area contributed by atoms with E-state index in [2.05, 4.69) is 10.3 Å². The van der Waals surface area contributed by atoms with E-state index in [1.807, 2.05) is 0 Å². The Morgan fingerprint density at radius 3 is 2.65 bits per heavy atom. The van der Waals surface area contributed by atoms with E-state index in [0.717, 1.165) is 25.7 Å². The normalized spacial score (nSPS) is 24.3. The van der Waals surface area contributed by atoms with Gasteiger partial charge < -0.3 is 16.2 Å². The summed E-state index contributed by atoms with van der Waals surface area (Å²) >= 11 is 0. The summed E-state index contributed by atoms with van der Waals surface area (Å²) in [5.74, 6) is -0.219. The van der Waals surface area contributed by atoms with Gasteiger partial charge in [-0.25, -0.2) is 4.98 Å². The second-order valence-corrected chi connectivity index (χ2v) is 4.49. The van der Waals surface area contributed by atoms with Crippen molar-refractivity contribution in [3.05, 3.63) is 23.9 Å². The SMILES string of the molecule is N[C@H]1CC[C@H](NC(=O)c2ccc(O)nc2)CC1. The van der Waals surface area contributed by atoms with Gasteiger partial charge in [-0.1, -0.05) is 0 Å². The molecule has 0 aromatic carbocycles. The average Bonchev–Trinajstić information content (AvgIpc) is 2.33. The molecule has 1 amide bonds. The number of nitrogens with zero attached hydrogens (tertiary/aromatic N) is 1. The number of pyridine rings is 1. The minimum absolute atomic E-state index is 0.0785. The molecule has 0 unspecified atom stereocenters. The monoisotopic (exact) mass is 235 g/mol. The summed E-state index contributed by atoms with van der Waals surface area (Å²) in [5, 5.41) is 12.0. The molecule has 1 aliphatic carbocycles. The highest BCUT2D eigenvalue weighted by molar-refractivity contribution is 5.94. The van der Waals surface area contributed by atoms with Crippen LogP contribution in [0.15, 0.2) is 18.3 Å². The van der Waals surface area contributed by atoms with Gasteiger partial charge in [0.2, 0.25) is 5.88 Å². The Labute approximate surface area is 100 Å². The highest BCUT2D eigenvalue weighted by atomic mass is 16.3. The van der Waals surface area contributed by atoms with E-state index >= 15 is 0 Å². The third-order valence-electron chi connectivity index (χ3n) is 3.12. The van der Waals surface area contributed by atoms with E-state index < -0.39 is 0 Å². The first-order valence-corrected chi connectivity index (χ1v) is 5.86. The molecule has 0 spiro atoms. The lowest BCUT2D eigenvalue weighted by atomic mass is 9.92. The molecule has 0 bridgehead atoms. The first kappa shape index (κ1) is 11.9. The molecular formula is C12H17N3O2. The van der Waals surface area contributed by atoms with E-state index in [4.69, 9.17) is 10.8 Å². The largest absolute Gasteiger partial charge is 0.493 e. The summed E-state index contributed by atoms with van der Waals surface area (Å²) < 4.78 is 0. The average molecular weight is 235 g/mol. The Bertz CT molecular complexity index is 383. The number of hydrogen-bond donors (Lipinski definition) is 3. The molecule has 1 aromatic heterocycles. The summed E-state index contributed by atoms with van der Waals surface area (Å²) in [7, 11) is 0.